The van der Waals surface area contributed by atoms with E-state index in [2.05, 4.69) is 53.8 Å². The number of benzene rings is 2. The van der Waals surface area contributed by atoms with E-state index in [1.165, 1.54) is 18.5 Å². The lowest BCUT2D eigenvalue weighted by atomic mass is 9.92. The molecule has 0 saturated carbocycles. The average Bonchev–Trinajstić information content (AvgIpc) is 3.27. The largest absolute Gasteiger partial charge is 0.493 e. The molecule has 0 unspecified atom stereocenters. The van der Waals surface area contributed by atoms with Gasteiger partial charge in [0.2, 0.25) is 0 Å². The molecule has 3 aliphatic heterocycles. The van der Waals surface area contributed by atoms with E-state index in [1.807, 2.05) is 12.1 Å². The highest BCUT2D eigenvalue weighted by molar-refractivity contribution is 5.70. The third kappa shape index (κ3) is 3.44. The molecule has 3 heterocycles. The van der Waals surface area contributed by atoms with Crippen LogP contribution in [0.2, 0.25) is 0 Å². The number of hydrogen-bond donors (Lipinski definition) is 2. The molecule has 0 bridgehead atoms. The number of nitrogens with zero attached hydrogens (tertiary/aromatic N) is 1. The maximum Gasteiger partial charge on any atom is 0.191 e. The number of likely N-dealkylation sites (tertiary alicyclic amines) is 1. The van der Waals surface area contributed by atoms with Gasteiger partial charge in [0.25, 0.3) is 0 Å². The van der Waals surface area contributed by atoms with Crippen LogP contribution in [-0.4, -0.2) is 44.6 Å². The van der Waals surface area contributed by atoms with Crippen molar-refractivity contribution in [1.29, 1.82) is 0 Å². The third-order valence-electron chi connectivity index (χ3n) is 6.86. The van der Waals surface area contributed by atoms with E-state index >= 15 is 0 Å². The van der Waals surface area contributed by atoms with Crippen LogP contribution in [0, 0.1) is 0 Å². The summed E-state index contributed by atoms with van der Waals surface area (Å²) in [4.78, 5) is 1.68. The van der Waals surface area contributed by atoms with E-state index in [0.29, 0.717) is 0 Å². The van der Waals surface area contributed by atoms with E-state index in [9.17, 15) is 0 Å². The highest BCUT2D eigenvalue weighted by Crippen LogP contribution is 2.47. The molecule has 2 aromatic rings. The highest BCUT2D eigenvalue weighted by atomic mass is 16.5. The van der Waals surface area contributed by atoms with Crippen LogP contribution in [0.25, 0.3) is 5.70 Å². The van der Waals surface area contributed by atoms with E-state index in [4.69, 9.17) is 14.2 Å². The Labute approximate surface area is 184 Å². The van der Waals surface area contributed by atoms with Gasteiger partial charge in [-0.05, 0) is 36.8 Å². The van der Waals surface area contributed by atoms with Crippen molar-refractivity contribution in [2.75, 3.05) is 33.9 Å². The van der Waals surface area contributed by atoms with Crippen LogP contribution in [-0.2, 0) is 0 Å². The molecule has 164 valence electrons. The van der Waals surface area contributed by atoms with Gasteiger partial charge < -0.3 is 24.5 Å². The Morgan fingerprint density at radius 2 is 1.87 bits per heavy atom. The van der Waals surface area contributed by atoms with Crippen molar-refractivity contribution in [3.63, 3.8) is 0 Å². The zero-order chi connectivity index (χ0) is 21.4. The van der Waals surface area contributed by atoms with Gasteiger partial charge in [0.05, 0.1) is 58.4 Å². The number of methoxy groups -OCH3 is 2. The predicted molar refractivity (Wildman–Crippen MR) is 120 cm³/mol. The molecule has 0 radical (unpaired) electrons. The molecule has 2 N–H and O–H groups in total. The molecule has 1 fully saturated rings. The van der Waals surface area contributed by atoms with Gasteiger partial charge in [0.1, 0.15) is 5.75 Å². The van der Waals surface area contributed by atoms with Crippen molar-refractivity contribution in [2.24, 2.45) is 0 Å². The molecule has 2 aromatic carbocycles. The Morgan fingerprint density at radius 1 is 1.10 bits per heavy atom. The fourth-order valence-electron chi connectivity index (χ4n) is 5.23. The van der Waals surface area contributed by atoms with Crippen molar-refractivity contribution < 1.29 is 19.1 Å². The normalized spacial score (nSPS) is 27.0. The molecular weight excluding hydrogens is 390 g/mol. The van der Waals surface area contributed by atoms with E-state index < -0.39 is 0 Å². The standard InChI is InChI=1S/C25H31N3O3/c1-4-13-27-14-11-25(12-15-27)28-21(19-7-5-6-8-22(19)31-25)17-20(26-28)18-9-10-23(29-2)24(16-18)30-3/h5-10,16-17,21,26H,4,11-15H2,1-3H3/p+1/t21-/m1/s1. The molecule has 3 aliphatic rings. The number of rotatable bonds is 5. The van der Waals surface area contributed by atoms with Crippen molar-refractivity contribution in [3.05, 3.63) is 59.7 Å². The van der Waals surface area contributed by atoms with Gasteiger partial charge in [-0.15, -0.1) is 0 Å². The molecule has 1 atom stereocenters. The second-order valence-electron chi connectivity index (χ2n) is 8.66. The van der Waals surface area contributed by atoms with Gasteiger partial charge in [-0.3, -0.25) is 0 Å². The molecule has 0 aromatic heterocycles. The van der Waals surface area contributed by atoms with Gasteiger partial charge in [-0.2, -0.15) is 5.01 Å². The Kier molecular flexibility index (Phi) is 5.28. The fraction of sp³-hybridized carbons (Fsp3) is 0.440. The van der Waals surface area contributed by atoms with Crippen molar-refractivity contribution >= 4 is 5.70 Å². The van der Waals surface area contributed by atoms with Crippen LogP contribution in [0.15, 0.2) is 48.5 Å². The summed E-state index contributed by atoms with van der Waals surface area (Å²) in [7, 11) is 3.34. The predicted octanol–water partition coefficient (Wildman–Crippen LogP) is 2.78. The minimum absolute atomic E-state index is 0.140. The van der Waals surface area contributed by atoms with Crippen LogP contribution in [0.3, 0.4) is 0 Å². The summed E-state index contributed by atoms with van der Waals surface area (Å²) >= 11 is 0. The topological polar surface area (TPSA) is 47.4 Å². The number of hydrazine groups is 1. The van der Waals surface area contributed by atoms with Crippen LogP contribution < -0.4 is 24.5 Å². The Bertz CT molecular complexity index is 982. The lowest BCUT2D eigenvalue weighted by molar-refractivity contribution is -0.908. The maximum absolute atomic E-state index is 6.74. The van der Waals surface area contributed by atoms with Gasteiger partial charge in [-0.25, -0.2) is 0 Å². The molecule has 1 spiro atoms. The molecule has 31 heavy (non-hydrogen) atoms. The Balaban J connectivity index is 1.49. The van der Waals surface area contributed by atoms with Crippen LogP contribution >= 0.6 is 0 Å². The number of fused-ring (bicyclic) bond motifs is 4. The Morgan fingerprint density at radius 3 is 2.61 bits per heavy atom. The number of piperidine rings is 1. The first-order chi connectivity index (χ1) is 15.2. The molecular formula is C25H32N3O3+. The van der Waals surface area contributed by atoms with Crippen LogP contribution in [0.5, 0.6) is 17.2 Å². The maximum atomic E-state index is 6.74. The first kappa shape index (κ1) is 20.2. The third-order valence-corrected chi connectivity index (χ3v) is 6.86. The summed E-state index contributed by atoms with van der Waals surface area (Å²) in [6.45, 7) is 5.76. The van der Waals surface area contributed by atoms with Crippen molar-refractivity contribution in [1.82, 2.24) is 10.4 Å². The molecule has 6 nitrogen and oxygen atoms in total. The van der Waals surface area contributed by atoms with Crippen molar-refractivity contribution in [2.45, 2.75) is 38.0 Å². The SMILES string of the molecule is CCC[NH+]1CCC2(CC1)Oc1ccccc1[C@H]1C=C(c3ccc(OC)c(OC)c3)NN12. The summed E-state index contributed by atoms with van der Waals surface area (Å²) in [6, 6.07) is 14.7. The van der Waals surface area contributed by atoms with Crippen molar-refractivity contribution in [3.8, 4) is 17.2 Å². The summed E-state index contributed by atoms with van der Waals surface area (Å²) in [5.41, 5.74) is 6.74. The molecule has 0 amide bonds. The van der Waals surface area contributed by atoms with E-state index in [-0.39, 0.29) is 11.8 Å². The zero-order valence-corrected chi connectivity index (χ0v) is 18.6. The number of hydrogen-bond acceptors (Lipinski definition) is 5. The lowest BCUT2D eigenvalue weighted by Crippen LogP contribution is -3.14. The number of quaternary nitrogens is 1. The molecule has 6 heteroatoms. The fourth-order valence-corrected chi connectivity index (χ4v) is 5.23. The Hall–Kier alpha value is -2.70. The lowest BCUT2D eigenvalue weighted by Gasteiger charge is -2.50. The molecule has 1 saturated heterocycles. The molecule has 0 aliphatic carbocycles. The smallest absolute Gasteiger partial charge is 0.191 e. The zero-order valence-electron chi connectivity index (χ0n) is 18.6. The average molecular weight is 423 g/mol. The summed E-state index contributed by atoms with van der Waals surface area (Å²) in [5, 5.41) is 2.35. The minimum atomic E-state index is -0.328. The minimum Gasteiger partial charge on any atom is -0.493 e. The van der Waals surface area contributed by atoms with Gasteiger partial charge in [0.15, 0.2) is 17.2 Å². The monoisotopic (exact) mass is 422 g/mol. The quantitative estimate of drug-likeness (QED) is 0.776. The highest BCUT2D eigenvalue weighted by Gasteiger charge is 2.52. The second-order valence-corrected chi connectivity index (χ2v) is 8.66. The van der Waals surface area contributed by atoms with E-state index in [1.54, 1.807) is 19.1 Å². The van der Waals surface area contributed by atoms with Gasteiger partial charge in [0, 0.05) is 11.1 Å². The summed E-state index contributed by atoms with van der Waals surface area (Å²) in [6.07, 6.45) is 5.55. The van der Waals surface area contributed by atoms with Crippen LogP contribution in [0.1, 0.15) is 43.4 Å². The summed E-state index contributed by atoms with van der Waals surface area (Å²) < 4.78 is 17.7. The first-order valence-corrected chi connectivity index (χ1v) is 11.3. The first-order valence-electron chi connectivity index (χ1n) is 11.3. The van der Waals surface area contributed by atoms with E-state index in [0.717, 1.165) is 54.4 Å². The second kappa shape index (κ2) is 8.09. The molecule has 5 rings (SSSR count). The summed E-state index contributed by atoms with van der Waals surface area (Å²) in [5.74, 6) is 2.48. The van der Waals surface area contributed by atoms with Crippen LogP contribution in [0.4, 0.5) is 0 Å². The number of para-hydroxylation sites is 1. The number of nitrogens with one attached hydrogen (secondary N) is 2. The number of ether oxygens (including phenoxy) is 3. The van der Waals surface area contributed by atoms with Gasteiger partial charge in [-0.1, -0.05) is 25.1 Å². The van der Waals surface area contributed by atoms with Gasteiger partial charge >= 0.3 is 0 Å².